The molecule has 56 valence electrons. The molecule has 0 amide bonds. The summed E-state index contributed by atoms with van der Waals surface area (Å²) >= 11 is 0. The van der Waals surface area contributed by atoms with Crippen molar-refractivity contribution in [2.75, 3.05) is 0 Å². The predicted octanol–water partition coefficient (Wildman–Crippen LogP) is 0.741. The van der Waals surface area contributed by atoms with E-state index in [0.29, 0.717) is 0 Å². The monoisotopic (exact) mass is 131 g/mol. The molecule has 0 saturated carbocycles. The molecule has 0 rings (SSSR count). The molecule has 3 N–H and O–H groups in total. The van der Waals surface area contributed by atoms with Gasteiger partial charge in [0.1, 0.15) is 0 Å². The van der Waals surface area contributed by atoms with Gasteiger partial charge in [0.15, 0.2) is 0 Å². The lowest BCUT2D eigenvalue weighted by molar-refractivity contribution is 0.0616. The molecule has 0 radical (unpaired) electrons. The standard InChI is InChI=1S/C7H17NO/c1-5(2)6(9)7(3,4)8/h5-6,9H,8H2,1-4H3/t6-/m1/s1. The first-order chi connectivity index (χ1) is 3.85. The lowest BCUT2D eigenvalue weighted by Gasteiger charge is -2.28. The predicted molar refractivity (Wildman–Crippen MR) is 39.1 cm³/mol. The molecule has 0 aliphatic heterocycles. The number of aliphatic hydroxyl groups is 1. The van der Waals surface area contributed by atoms with Crippen molar-refractivity contribution < 1.29 is 5.11 Å². The van der Waals surface area contributed by atoms with Gasteiger partial charge in [0.25, 0.3) is 0 Å². The topological polar surface area (TPSA) is 46.2 Å². The Morgan fingerprint density at radius 1 is 1.33 bits per heavy atom. The van der Waals surface area contributed by atoms with Crippen molar-refractivity contribution in [3.05, 3.63) is 0 Å². The maximum absolute atomic E-state index is 9.34. The van der Waals surface area contributed by atoms with Gasteiger partial charge in [-0.1, -0.05) is 13.8 Å². The maximum Gasteiger partial charge on any atom is 0.0737 e. The zero-order chi connectivity index (χ0) is 7.65. The Hall–Kier alpha value is -0.0800. The van der Waals surface area contributed by atoms with Crippen molar-refractivity contribution in [3.63, 3.8) is 0 Å². The molecule has 0 unspecified atom stereocenters. The van der Waals surface area contributed by atoms with Crippen LogP contribution in [0.15, 0.2) is 0 Å². The molecule has 0 bridgehead atoms. The molecule has 0 aliphatic carbocycles. The molecule has 2 nitrogen and oxygen atoms in total. The Labute approximate surface area is 57.1 Å². The van der Waals surface area contributed by atoms with Crippen LogP contribution in [0, 0.1) is 5.92 Å². The minimum absolute atomic E-state index is 0.241. The summed E-state index contributed by atoms with van der Waals surface area (Å²) in [7, 11) is 0. The van der Waals surface area contributed by atoms with Crippen LogP contribution >= 0.6 is 0 Å². The van der Waals surface area contributed by atoms with E-state index in [2.05, 4.69) is 0 Å². The molecule has 0 aromatic heterocycles. The van der Waals surface area contributed by atoms with E-state index in [-0.39, 0.29) is 5.92 Å². The second-order valence-corrected chi connectivity index (χ2v) is 3.51. The van der Waals surface area contributed by atoms with E-state index in [4.69, 9.17) is 5.73 Å². The van der Waals surface area contributed by atoms with Crippen molar-refractivity contribution in [2.45, 2.75) is 39.3 Å². The molecule has 0 saturated heterocycles. The van der Waals surface area contributed by atoms with E-state index in [9.17, 15) is 5.11 Å². The molecule has 0 heterocycles. The molecule has 1 atom stereocenters. The van der Waals surface area contributed by atoms with Crippen molar-refractivity contribution in [3.8, 4) is 0 Å². The van der Waals surface area contributed by atoms with Gasteiger partial charge in [0, 0.05) is 5.54 Å². The lowest BCUT2D eigenvalue weighted by atomic mass is 9.90. The lowest BCUT2D eigenvalue weighted by Crippen LogP contribution is -2.47. The third-order valence-corrected chi connectivity index (χ3v) is 1.39. The van der Waals surface area contributed by atoms with Crippen LogP contribution in [0.4, 0.5) is 0 Å². The molecule has 0 spiro atoms. The summed E-state index contributed by atoms with van der Waals surface area (Å²) < 4.78 is 0. The maximum atomic E-state index is 9.34. The second-order valence-electron chi connectivity index (χ2n) is 3.51. The molecular formula is C7H17NO. The highest BCUT2D eigenvalue weighted by Crippen LogP contribution is 2.12. The van der Waals surface area contributed by atoms with E-state index in [0.717, 1.165) is 0 Å². The summed E-state index contributed by atoms with van der Waals surface area (Å²) in [6.45, 7) is 7.58. The first-order valence-electron chi connectivity index (χ1n) is 3.32. The quantitative estimate of drug-likeness (QED) is 0.580. The largest absolute Gasteiger partial charge is 0.391 e. The van der Waals surface area contributed by atoms with Gasteiger partial charge in [0.05, 0.1) is 6.10 Å². The molecular weight excluding hydrogens is 114 g/mol. The summed E-state index contributed by atoms with van der Waals surface area (Å²) in [5, 5.41) is 9.34. The Bertz CT molecular complexity index is 83.4. The zero-order valence-corrected chi connectivity index (χ0v) is 6.68. The van der Waals surface area contributed by atoms with Gasteiger partial charge in [-0.3, -0.25) is 0 Å². The molecule has 0 fully saturated rings. The van der Waals surface area contributed by atoms with Gasteiger partial charge in [-0.2, -0.15) is 0 Å². The van der Waals surface area contributed by atoms with Crippen LogP contribution in [-0.4, -0.2) is 16.7 Å². The molecule has 2 heteroatoms. The SMILES string of the molecule is CC(C)[C@@H](O)C(C)(C)N. The van der Waals surface area contributed by atoms with E-state index in [1.165, 1.54) is 0 Å². The number of hydrogen-bond acceptors (Lipinski definition) is 2. The average molecular weight is 131 g/mol. The highest BCUT2D eigenvalue weighted by Gasteiger charge is 2.24. The fraction of sp³-hybridized carbons (Fsp3) is 1.00. The van der Waals surface area contributed by atoms with Crippen molar-refractivity contribution in [2.24, 2.45) is 11.7 Å². The van der Waals surface area contributed by atoms with Gasteiger partial charge < -0.3 is 10.8 Å². The molecule has 0 aromatic rings. The second kappa shape index (κ2) is 2.67. The van der Waals surface area contributed by atoms with Crippen LogP contribution in [0.25, 0.3) is 0 Å². The van der Waals surface area contributed by atoms with Crippen LogP contribution in [0.2, 0.25) is 0 Å². The fourth-order valence-electron chi connectivity index (χ4n) is 0.859. The summed E-state index contributed by atoms with van der Waals surface area (Å²) in [5.74, 6) is 0.241. The summed E-state index contributed by atoms with van der Waals surface area (Å²) in [5.41, 5.74) is 5.17. The minimum atomic E-state index is -0.464. The highest BCUT2D eigenvalue weighted by atomic mass is 16.3. The number of nitrogens with two attached hydrogens (primary N) is 1. The molecule has 0 aromatic carbocycles. The molecule has 0 aliphatic rings. The normalized spacial score (nSPS) is 16.3. The summed E-state index contributed by atoms with van der Waals surface area (Å²) in [4.78, 5) is 0. The zero-order valence-electron chi connectivity index (χ0n) is 6.68. The van der Waals surface area contributed by atoms with Crippen LogP contribution < -0.4 is 5.73 Å². The van der Waals surface area contributed by atoms with Crippen molar-refractivity contribution in [1.82, 2.24) is 0 Å². The van der Waals surface area contributed by atoms with Crippen LogP contribution in [-0.2, 0) is 0 Å². The Morgan fingerprint density at radius 2 is 1.67 bits per heavy atom. The van der Waals surface area contributed by atoms with Gasteiger partial charge in [-0.15, -0.1) is 0 Å². The summed E-state index contributed by atoms with van der Waals surface area (Å²) in [6, 6.07) is 0. The summed E-state index contributed by atoms with van der Waals surface area (Å²) in [6.07, 6.45) is -0.405. The van der Waals surface area contributed by atoms with Gasteiger partial charge in [-0.25, -0.2) is 0 Å². The van der Waals surface area contributed by atoms with Gasteiger partial charge in [0.2, 0.25) is 0 Å². The molecule has 9 heavy (non-hydrogen) atoms. The fourth-order valence-corrected chi connectivity index (χ4v) is 0.859. The Morgan fingerprint density at radius 3 is 1.67 bits per heavy atom. The van der Waals surface area contributed by atoms with Crippen LogP contribution in [0.3, 0.4) is 0 Å². The Balaban J connectivity index is 3.88. The minimum Gasteiger partial charge on any atom is -0.391 e. The van der Waals surface area contributed by atoms with E-state index in [1.54, 1.807) is 0 Å². The van der Waals surface area contributed by atoms with Crippen molar-refractivity contribution in [1.29, 1.82) is 0 Å². The third kappa shape index (κ3) is 2.82. The van der Waals surface area contributed by atoms with E-state index in [1.807, 2.05) is 27.7 Å². The van der Waals surface area contributed by atoms with Gasteiger partial charge >= 0.3 is 0 Å². The van der Waals surface area contributed by atoms with E-state index >= 15 is 0 Å². The Kier molecular flexibility index (Phi) is 2.65. The van der Waals surface area contributed by atoms with E-state index < -0.39 is 11.6 Å². The smallest absolute Gasteiger partial charge is 0.0737 e. The third-order valence-electron chi connectivity index (χ3n) is 1.39. The first-order valence-corrected chi connectivity index (χ1v) is 3.32. The first kappa shape index (κ1) is 8.92. The number of aliphatic hydroxyl groups excluding tert-OH is 1. The van der Waals surface area contributed by atoms with Crippen LogP contribution in [0.1, 0.15) is 27.7 Å². The van der Waals surface area contributed by atoms with Gasteiger partial charge in [-0.05, 0) is 19.8 Å². The number of hydrogen-bond donors (Lipinski definition) is 2. The number of rotatable bonds is 2. The van der Waals surface area contributed by atoms with Crippen LogP contribution in [0.5, 0.6) is 0 Å². The van der Waals surface area contributed by atoms with Crippen molar-refractivity contribution >= 4 is 0 Å². The highest BCUT2D eigenvalue weighted by molar-refractivity contribution is 4.83. The average Bonchev–Trinajstić information content (AvgIpc) is 1.62.